The van der Waals surface area contributed by atoms with Crippen molar-refractivity contribution in [2.45, 2.75) is 44.7 Å². The van der Waals surface area contributed by atoms with Gasteiger partial charge in [0.25, 0.3) is 5.91 Å². The summed E-state index contributed by atoms with van der Waals surface area (Å²) in [6.07, 6.45) is 0.924. The van der Waals surface area contributed by atoms with E-state index in [1.54, 1.807) is 24.3 Å². The fourth-order valence-corrected chi connectivity index (χ4v) is 8.00. The van der Waals surface area contributed by atoms with Gasteiger partial charge in [0, 0.05) is 16.3 Å². The van der Waals surface area contributed by atoms with Gasteiger partial charge in [-0.1, -0.05) is 92.7 Å². The van der Waals surface area contributed by atoms with Crippen molar-refractivity contribution < 1.29 is 18.9 Å². The van der Waals surface area contributed by atoms with Gasteiger partial charge in [-0.25, -0.2) is 0 Å². The van der Waals surface area contributed by atoms with Crippen molar-refractivity contribution >= 4 is 35.3 Å². The SMILES string of the molecule is Cc1cccc(C(C)C)c1NC(=O)COC(=O)C1(P(=O)(c2ccccc2)c2ccccc2)CC1. The first-order valence-corrected chi connectivity index (χ1v) is 13.3. The zero-order chi connectivity index (χ0) is 24.3. The fourth-order valence-electron chi connectivity index (χ4n) is 4.47. The molecule has 176 valence electrons. The molecule has 0 atom stereocenters. The Bertz CT molecular complexity index is 1190. The number of para-hydroxylation sites is 1. The van der Waals surface area contributed by atoms with E-state index in [1.165, 1.54) is 0 Å². The second-order valence-corrected chi connectivity index (χ2v) is 12.2. The molecule has 3 aromatic carbocycles. The Labute approximate surface area is 200 Å². The lowest BCUT2D eigenvalue weighted by atomic mass is 9.98. The Balaban J connectivity index is 1.55. The molecule has 0 aliphatic heterocycles. The van der Waals surface area contributed by atoms with E-state index >= 15 is 0 Å². The number of aryl methyl sites for hydroxylation is 1. The molecule has 0 unspecified atom stereocenters. The van der Waals surface area contributed by atoms with Gasteiger partial charge in [-0.05, 0) is 36.8 Å². The molecule has 6 heteroatoms. The molecule has 0 heterocycles. The van der Waals surface area contributed by atoms with Crippen LogP contribution in [0.4, 0.5) is 5.69 Å². The Morgan fingerprint density at radius 3 is 1.97 bits per heavy atom. The lowest BCUT2D eigenvalue weighted by Gasteiger charge is -2.27. The van der Waals surface area contributed by atoms with Crippen LogP contribution in [0.1, 0.15) is 43.7 Å². The molecular formula is C28H30NO4P. The van der Waals surface area contributed by atoms with Gasteiger partial charge >= 0.3 is 5.97 Å². The molecule has 0 spiro atoms. The van der Waals surface area contributed by atoms with Crippen LogP contribution >= 0.6 is 7.14 Å². The van der Waals surface area contributed by atoms with Crippen LogP contribution in [0.5, 0.6) is 0 Å². The quantitative estimate of drug-likeness (QED) is 0.361. The highest BCUT2D eigenvalue weighted by Crippen LogP contribution is 2.68. The Kier molecular flexibility index (Phi) is 6.77. The normalized spacial score (nSPS) is 14.5. The molecule has 1 aliphatic carbocycles. The lowest BCUT2D eigenvalue weighted by molar-refractivity contribution is -0.147. The van der Waals surface area contributed by atoms with E-state index in [2.05, 4.69) is 19.2 Å². The number of amides is 1. The van der Waals surface area contributed by atoms with E-state index in [9.17, 15) is 14.2 Å². The molecule has 0 saturated heterocycles. The molecule has 1 amide bonds. The van der Waals surface area contributed by atoms with Crippen LogP contribution in [0.15, 0.2) is 78.9 Å². The highest BCUT2D eigenvalue weighted by Gasteiger charge is 2.65. The number of nitrogens with one attached hydrogen (secondary N) is 1. The van der Waals surface area contributed by atoms with E-state index in [-0.39, 0.29) is 5.92 Å². The smallest absolute Gasteiger partial charge is 0.320 e. The Morgan fingerprint density at radius 2 is 1.47 bits per heavy atom. The van der Waals surface area contributed by atoms with Crippen LogP contribution in [0.2, 0.25) is 0 Å². The topological polar surface area (TPSA) is 72.5 Å². The summed E-state index contributed by atoms with van der Waals surface area (Å²) >= 11 is 0. The molecule has 1 saturated carbocycles. The zero-order valence-electron chi connectivity index (χ0n) is 19.8. The molecule has 1 N–H and O–H groups in total. The molecule has 3 aromatic rings. The Hall–Kier alpha value is -3.17. The van der Waals surface area contributed by atoms with E-state index in [4.69, 9.17) is 4.74 Å². The summed E-state index contributed by atoms with van der Waals surface area (Å²) in [7, 11) is -3.33. The van der Waals surface area contributed by atoms with Gasteiger partial charge in [0.2, 0.25) is 0 Å². The summed E-state index contributed by atoms with van der Waals surface area (Å²) in [6, 6.07) is 24.1. The van der Waals surface area contributed by atoms with Crippen LogP contribution in [0.25, 0.3) is 0 Å². The standard InChI is InChI=1S/C28H30NO4P/c1-20(2)24-16-10-11-21(3)26(24)29-25(30)19-33-27(31)28(17-18-28)34(32,22-12-6-4-7-13-22)23-14-8-5-9-15-23/h4-16,20H,17-19H2,1-3H3,(H,29,30). The molecule has 4 rings (SSSR count). The van der Waals surface area contributed by atoms with Crippen molar-refractivity contribution in [3.63, 3.8) is 0 Å². The third-order valence-electron chi connectivity index (χ3n) is 6.47. The maximum Gasteiger partial charge on any atom is 0.320 e. The van der Waals surface area contributed by atoms with Crippen molar-refractivity contribution in [1.29, 1.82) is 0 Å². The first-order chi connectivity index (χ1) is 16.3. The zero-order valence-corrected chi connectivity index (χ0v) is 20.7. The van der Waals surface area contributed by atoms with E-state index < -0.39 is 30.8 Å². The highest BCUT2D eigenvalue weighted by molar-refractivity contribution is 7.81. The van der Waals surface area contributed by atoms with E-state index in [0.717, 1.165) is 16.8 Å². The summed E-state index contributed by atoms with van der Waals surface area (Å²) in [5, 5.41) is 3.02. The Morgan fingerprint density at radius 1 is 0.912 bits per heavy atom. The van der Waals surface area contributed by atoms with Crippen molar-refractivity contribution in [2.24, 2.45) is 0 Å². The van der Waals surface area contributed by atoms with Crippen molar-refractivity contribution in [2.75, 3.05) is 11.9 Å². The maximum absolute atomic E-state index is 14.6. The molecule has 5 nitrogen and oxygen atoms in total. The summed E-state index contributed by atoms with van der Waals surface area (Å²) in [5.41, 5.74) is 2.72. The van der Waals surface area contributed by atoms with Crippen LogP contribution in [0.3, 0.4) is 0 Å². The van der Waals surface area contributed by atoms with Crippen LogP contribution in [-0.2, 0) is 18.9 Å². The molecule has 0 radical (unpaired) electrons. The average molecular weight is 476 g/mol. The number of esters is 1. The fraction of sp³-hybridized carbons (Fsp3) is 0.286. The van der Waals surface area contributed by atoms with E-state index in [0.29, 0.717) is 23.5 Å². The maximum atomic E-state index is 14.6. The number of hydrogen-bond donors (Lipinski definition) is 1. The van der Waals surface area contributed by atoms with Gasteiger partial charge in [0.1, 0.15) is 5.16 Å². The van der Waals surface area contributed by atoms with Gasteiger partial charge in [-0.3, -0.25) is 9.59 Å². The minimum absolute atomic E-state index is 0.232. The first kappa shape index (κ1) is 24.0. The molecule has 0 aromatic heterocycles. The summed E-state index contributed by atoms with van der Waals surface area (Å²) < 4.78 is 20.2. The van der Waals surface area contributed by atoms with Gasteiger partial charge in [-0.15, -0.1) is 0 Å². The molecule has 0 bridgehead atoms. The molecular weight excluding hydrogens is 445 g/mol. The average Bonchev–Trinajstić information content (AvgIpc) is 3.67. The summed E-state index contributed by atoms with van der Waals surface area (Å²) in [4.78, 5) is 26.1. The number of anilines is 1. The second kappa shape index (κ2) is 9.60. The molecule has 1 fully saturated rings. The number of hydrogen-bond acceptors (Lipinski definition) is 4. The van der Waals surface area contributed by atoms with Crippen LogP contribution < -0.4 is 15.9 Å². The second-order valence-electron chi connectivity index (χ2n) is 9.13. The highest BCUT2D eigenvalue weighted by atomic mass is 31.2. The third kappa shape index (κ3) is 4.33. The summed E-state index contributed by atoms with van der Waals surface area (Å²) in [6.45, 7) is 5.64. The van der Waals surface area contributed by atoms with Crippen molar-refractivity contribution in [1.82, 2.24) is 0 Å². The van der Waals surface area contributed by atoms with Crippen LogP contribution in [0, 0.1) is 6.92 Å². The largest absolute Gasteiger partial charge is 0.455 e. The number of benzene rings is 3. The van der Waals surface area contributed by atoms with Gasteiger partial charge < -0.3 is 14.6 Å². The predicted octanol–water partition coefficient (Wildman–Crippen LogP) is 5.15. The monoisotopic (exact) mass is 475 g/mol. The molecule has 1 aliphatic rings. The number of ether oxygens (including phenoxy) is 1. The third-order valence-corrected chi connectivity index (χ3v) is 10.4. The minimum atomic E-state index is -3.33. The lowest BCUT2D eigenvalue weighted by Crippen LogP contribution is -2.36. The summed E-state index contributed by atoms with van der Waals surface area (Å²) in [5.74, 6) is -0.753. The van der Waals surface area contributed by atoms with Gasteiger partial charge in [-0.2, -0.15) is 0 Å². The van der Waals surface area contributed by atoms with Gasteiger partial charge in [0.05, 0.1) is 0 Å². The predicted molar refractivity (Wildman–Crippen MR) is 137 cm³/mol. The van der Waals surface area contributed by atoms with E-state index in [1.807, 2.05) is 61.5 Å². The van der Waals surface area contributed by atoms with Gasteiger partial charge in [0.15, 0.2) is 13.7 Å². The van der Waals surface area contributed by atoms with Crippen LogP contribution in [-0.4, -0.2) is 23.6 Å². The number of rotatable bonds is 8. The van der Waals surface area contributed by atoms with Crippen molar-refractivity contribution in [3.8, 4) is 0 Å². The first-order valence-electron chi connectivity index (χ1n) is 11.6. The van der Waals surface area contributed by atoms with Crippen molar-refractivity contribution in [3.05, 3.63) is 90.0 Å². The molecule has 34 heavy (non-hydrogen) atoms. The minimum Gasteiger partial charge on any atom is -0.455 e. The number of carbonyl (C=O) groups excluding carboxylic acids is 2. The number of carbonyl (C=O) groups is 2.